The zero-order valence-electron chi connectivity index (χ0n) is 18.2. The van der Waals surface area contributed by atoms with Crippen molar-refractivity contribution in [3.05, 3.63) is 40.5 Å². The van der Waals surface area contributed by atoms with Crippen LogP contribution >= 0.6 is 35.0 Å². The van der Waals surface area contributed by atoms with Crippen molar-refractivity contribution in [3.8, 4) is 0 Å². The Bertz CT molecular complexity index is 932. The first kappa shape index (κ1) is 23.4. The number of thioether (sulfide) groups is 1. The summed E-state index contributed by atoms with van der Waals surface area (Å²) in [6, 6.07) is 9.71. The number of carbonyl (C=O) groups is 1. The largest absolute Gasteiger partial charge is 0.367 e. The summed E-state index contributed by atoms with van der Waals surface area (Å²) < 4.78 is 0. The molecule has 172 valence electrons. The lowest BCUT2D eigenvalue weighted by atomic mass is 10.2. The maximum atomic E-state index is 12.6. The van der Waals surface area contributed by atoms with Crippen LogP contribution in [0.4, 0.5) is 11.5 Å². The molecule has 0 bridgehead atoms. The van der Waals surface area contributed by atoms with Crippen LogP contribution in [0.3, 0.4) is 0 Å². The van der Waals surface area contributed by atoms with Gasteiger partial charge in [-0.25, -0.2) is 9.97 Å². The first-order chi connectivity index (χ1) is 15.5. The number of amides is 1. The number of anilines is 2. The van der Waals surface area contributed by atoms with Gasteiger partial charge < -0.3 is 19.6 Å². The molecule has 10 heteroatoms. The molecule has 2 saturated heterocycles. The van der Waals surface area contributed by atoms with E-state index >= 15 is 0 Å². The number of benzene rings is 1. The maximum absolute atomic E-state index is 12.6. The van der Waals surface area contributed by atoms with Crippen LogP contribution in [0.15, 0.2) is 35.5 Å². The molecule has 2 aromatic rings. The predicted octanol–water partition coefficient (Wildman–Crippen LogP) is 3.37. The van der Waals surface area contributed by atoms with Gasteiger partial charge in [-0.2, -0.15) is 0 Å². The number of rotatable bonds is 6. The average Bonchev–Trinajstić information content (AvgIpc) is 2.83. The molecule has 7 nitrogen and oxygen atoms in total. The smallest absolute Gasteiger partial charge is 0.233 e. The molecule has 0 aliphatic carbocycles. The lowest BCUT2D eigenvalue weighted by molar-refractivity contribution is -0.130. The Morgan fingerprint density at radius 2 is 1.66 bits per heavy atom. The topological polar surface area (TPSA) is 55.8 Å². The van der Waals surface area contributed by atoms with Gasteiger partial charge in [-0.05, 0) is 18.7 Å². The normalized spacial score (nSPS) is 17.7. The zero-order valence-corrected chi connectivity index (χ0v) is 20.5. The highest BCUT2D eigenvalue weighted by Crippen LogP contribution is 2.28. The predicted molar refractivity (Wildman–Crippen MR) is 132 cm³/mol. The highest BCUT2D eigenvalue weighted by Gasteiger charge is 2.23. The van der Waals surface area contributed by atoms with Gasteiger partial charge in [0.25, 0.3) is 0 Å². The van der Waals surface area contributed by atoms with Crippen molar-refractivity contribution in [1.29, 1.82) is 0 Å². The van der Waals surface area contributed by atoms with Gasteiger partial charge in [-0.1, -0.05) is 54.0 Å². The molecule has 2 aliphatic heterocycles. The summed E-state index contributed by atoms with van der Waals surface area (Å²) in [7, 11) is 0. The molecule has 0 spiro atoms. The molecular weight excluding hydrogens is 467 g/mol. The fourth-order valence-electron chi connectivity index (χ4n) is 4.03. The monoisotopic (exact) mass is 494 g/mol. The summed E-state index contributed by atoms with van der Waals surface area (Å²) in [5.41, 5.74) is 1.06. The van der Waals surface area contributed by atoms with Crippen molar-refractivity contribution in [2.24, 2.45) is 0 Å². The van der Waals surface area contributed by atoms with Crippen molar-refractivity contribution < 1.29 is 4.79 Å². The minimum atomic E-state index is 0.129. The molecule has 0 N–H and O–H groups in total. The van der Waals surface area contributed by atoms with Crippen molar-refractivity contribution in [2.45, 2.75) is 12.1 Å². The standard InChI is InChI=1S/C22H28Cl2N6OS/c1-2-27-7-9-30(10-8-27)21(31)16-32-22-25-19(24)15-20(26-22)29-13-11-28(12-14-29)18-6-4-3-5-17(18)23/h3-6,15H,2,7-14,16H2,1H3. The van der Waals surface area contributed by atoms with Gasteiger partial charge in [-0.15, -0.1) is 0 Å². The Balaban J connectivity index is 1.33. The van der Waals surface area contributed by atoms with Crippen LogP contribution in [0, 0.1) is 0 Å². The first-order valence-electron chi connectivity index (χ1n) is 11.0. The van der Waals surface area contributed by atoms with E-state index in [9.17, 15) is 4.79 Å². The average molecular weight is 495 g/mol. The Labute approximate surface area is 203 Å². The van der Waals surface area contributed by atoms with Crippen molar-refractivity contribution in [2.75, 3.05) is 74.5 Å². The molecule has 0 unspecified atom stereocenters. The minimum absolute atomic E-state index is 0.129. The summed E-state index contributed by atoms with van der Waals surface area (Å²) in [5, 5.41) is 1.71. The Hall–Kier alpha value is -1.74. The van der Waals surface area contributed by atoms with Crippen LogP contribution in [0.2, 0.25) is 10.2 Å². The highest BCUT2D eigenvalue weighted by atomic mass is 35.5. The SMILES string of the molecule is CCN1CCN(C(=O)CSc2nc(Cl)cc(N3CCN(c4ccccc4Cl)CC3)n2)CC1. The molecule has 0 atom stereocenters. The van der Waals surface area contributed by atoms with E-state index in [4.69, 9.17) is 23.2 Å². The van der Waals surface area contributed by atoms with Crippen molar-refractivity contribution >= 4 is 52.4 Å². The number of para-hydroxylation sites is 1. The number of hydrogen-bond donors (Lipinski definition) is 0. The van der Waals surface area contributed by atoms with E-state index in [0.29, 0.717) is 16.1 Å². The number of halogens is 2. The van der Waals surface area contributed by atoms with E-state index in [2.05, 4.69) is 31.6 Å². The van der Waals surface area contributed by atoms with Gasteiger partial charge in [0.15, 0.2) is 5.16 Å². The summed E-state index contributed by atoms with van der Waals surface area (Å²) in [6.45, 7) is 9.92. The third-order valence-electron chi connectivity index (χ3n) is 5.95. The Morgan fingerprint density at radius 1 is 0.969 bits per heavy atom. The van der Waals surface area contributed by atoms with Crippen LogP contribution < -0.4 is 9.80 Å². The van der Waals surface area contributed by atoms with Crippen LogP contribution in [0.5, 0.6) is 0 Å². The van der Waals surface area contributed by atoms with Gasteiger partial charge in [-0.3, -0.25) is 4.79 Å². The summed E-state index contributed by atoms with van der Waals surface area (Å²) in [4.78, 5) is 30.4. The van der Waals surface area contributed by atoms with Gasteiger partial charge in [0.05, 0.1) is 16.5 Å². The molecule has 0 saturated carbocycles. The van der Waals surface area contributed by atoms with E-state index in [0.717, 1.165) is 75.4 Å². The Morgan fingerprint density at radius 3 is 2.34 bits per heavy atom. The van der Waals surface area contributed by atoms with Crippen molar-refractivity contribution in [3.63, 3.8) is 0 Å². The maximum Gasteiger partial charge on any atom is 0.233 e. The number of aromatic nitrogens is 2. The second kappa shape index (κ2) is 10.9. The van der Waals surface area contributed by atoms with Crippen LogP contribution in [-0.2, 0) is 4.79 Å². The molecule has 32 heavy (non-hydrogen) atoms. The summed E-state index contributed by atoms with van der Waals surface area (Å²) in [6.07, 6.45) is 0. The molecule has 1 aromatic carbocycles. The number of piperazine rings is 2. The molecular formula is C22H28Cl2N6OS. The second-order valence-corrected chi connectivity index (χ2v) is 9.60. The highest BCUT2D eigenvalue weighted by molar-refractivity contribution is 7.99. The van der Waals surface area contributed by atoms with E-state index in [1.165, 1.54) is 11.8 Å². The fourth-order valence-corrected chi connectivity index (χ4v) is 5.27. The lowest BCUT2D eigenvalue weighted by Gasteiger charge is -2.37. The molecule has 1 amide bonds. The molecule has 4 rings (SSSR count). The summed E-state index contributed by atoms with van der Waals surface area (Å²) in [5.74, 6) is 1.26. The first-order valence-corrected chi connectivity index (χ1v) is 12.7. The summed E-state index contributed by atoms with van der Waals surface area (Å²) >= 11 is 14.0. The molecule has 2 aliphatic rings. The van der Waals surface area contributed by atoms with E-state index < -0.39 is 0 Å². The second-order valence-electron chi connectivity index (χ2n) is 7.86. The quantitative estimate of drug-likeness (QED) is 0.346. The van der Waals surface area contributed by atoms with E-state index in [-0.39, 0.29) is 5.91 Å². The number of hydrogen-bond acceptors (Lipinski definition) is 7. The number of likely N-dealkylation sites (N-methyl/N-ethyl adjacent to an activating group) is 1. The van der Waals surface area contributed by atoms with Crippen LogP contribution in [0.1, 0.15) is 6.92 Å². The van der Waals surface area contributed by atoms with Crippen LogP contribution in [0.25, 0.3) is 0 Å². The van der Waals surface area contributed by atoms with Gasteiger partial charge in [0, 0.05) is 58.4 Å². The third kappa shape index (κ3) is 5.78. The lowest BCUT2D eigenvalue weighted by Crippen LogP contribution is -2.49. The molecule has 3 heterocycles. The van der Waals surface area contributed by atoms with E-state index in [1.807, 2.05) is 29.2 Å². The minimum Gasteiger partial charge on any atom is -0.367 e. The van der Waals surface area contributed by atoms with Crippen LogP contribution in [-0.4, -0.2) is 90.3 Å². The van der Waals surface area contributed by atoms with Gasteiger partial charge in [0.1, 0.15) is 11.0 Å². The molecule has 1 aromatic heterocycles. The Kier molecular flexibility index (Phi) is 7.99. The van der Waals surface area contributed by atoms with Crippen molar-refractivity contribution in [1.82, 2.24) is 19.8 Å². The zero-order chi connectivity index (χ0) is 22.5. The fraction of sp³-hybridized carbons (Fsp3) is 0.500. The number of carbonyl (C=O) groups excluding carboxylic acids is 1. The third-order valence-corrected chi connectivity index (χ3v) is 7.30. The van der Waals surface area contributed by atoms with Gasteiger partial charge >= 0.3 is 0 Å². The van der Waals surface area contributed by atoms with Gasteiger partial charge in [0.2, 0.25) is 5.91 Å². The molecule has 2 fully saturated rings. The molecule has 0 radical (unpaired) electrons. The number of nitrogens with zero attached hydrogens (tertiary/aromatic N) is 6. The van der Waals surface area contributed by atoms with E-state index in [1.54, 1.807) is 6.07 Å².